The molecule has 0 aromatic heterocycles. The molecule has 106 valence electrons. The van der Waals surface area contributed by atoms with Crippen molar-refractivity contribution in [3.8, 4) is 11.5 Å². The number of nitrogens with two attached hydrogens (primary N) is 1. The van der Waals surface area contributed by atoms with Crippen LogP contribution in [0.3, 0.4) is 0 Å². The van der Waals surface area contributed by atoms with Gasteiger partial charge in [0.25, 0.3) is 0 Å². The predicted octanol–water partition coefficient (Wildman–Crippen LogP) is 4.24. The van der Waals surface area contributed by atoms with Crippen LogP contribution in [0.4, 0.5) is 4.39 Å². The minimum absolute atomic E-state index is 0.267. The van der Waals surface area contributed by atoms with Gasteiger partial charge in [0.1, 0.15) is 17.3 Å². The van der Waals surface area contributed by atoms with E-state index in [-0.39, 0.29) is 5.82 Å². The van der Waals surface area contributed by atoms with Gasteiger partial charge in [-0.05, 0) is 60.3 Å². The van der Waals surface area contributed by atoms with Gasteiger partial charge in [0, 0.05) is 0 Å². The highest BCUT2D eigenvalue weighted by Crippen LogP contribution is 2.28. The summed E-state index contributed by atoms with van der Waals surface area (Å²) in [6, 6.07) is 12.5. The van der Waals surface area contributed by atoms with Gasteiger partial charge >= 0.3 is 0 Å². The summed E-state index contributed by atoms with van der Waals surface area (Å²) in [6.45, 7) is 4.74. The molecule has 20 heavy (non-hydrogen) atoms. The Balaban J connectivity index is 2.27. The molecule has 2 aromatic carbocycles. The van der Waals surface area contributed by atoms with Crippen molar-refractivity contribution in [1.82, 2.24) is 0 Å². The fraction of sp³-hybridized carbons (Fsp3) is 0.294. The van der Waals surface area contributed by atoms with Crippen molar-refractivity contribution in [2.24, 2.45) is 5.73 Å². The van der Waals surface area contributed by atoms with E-state index in [2.05, 4.69) is 19.9 Å². The lowest BCUT2D eigenvalue weighted by molar-refractivity contribution is 0.472. The number of hydrogen-bond acceptors (Lipinski definition) is 2. The molecule has 2 aromatic rings. The van der Waals surface area contributed by atoms with Gasteiger partial charge in [-0.15, -0.1) is 0 Å². The number of hydrogen-bond donors (Lipinski definition) is 1. The summed E-state index contributed by atoms with van der Waals surface area (Å²) in [5.41, 5.74) is 7.57. The highest BCUT2D eigenvalue weighted by Gasteiger charge is 2.07. The van der Waals surface area contributed by atoms with Crippen LogP contribution < -0.4 is 10.5 Å². The molecule has 0 aliphatic rings. The van der Waals surface area contributed by atoms with Crippen LogP contribution in [0.25, 0.3) is 0 Å². The molecule has 2 N–H and O–H groups in total. The van der Waals surface area contributed by atoms with Gasteiger partial charge in [-0.3, -0.25) is 0 Å². The maximum Gasteiger partial charge on any atom is 0.130 e. The molecule has 2 rings (SSSR count). The zero-order chi connectivity index (χ0) is 14.5. The molecule has 0 saturated carbocycles. The van der Waals surface area contributed by atoms with E-state index >= 15 is 0 Å². The monoisotopic (exact) mass is 273 g/mol. The van der Waals surface area contributed by atoms with Gasteiger partial charge in [0.15, 0.2) is 0 Å². The largest absolute Gasteiger partial charge is 0.457 e. The van der Waals surface area contributed by atoms with E-state index in [1.165, 1.54) is 17.7 Å². The summed E-state index contributed by atoms with van der Waals surface area (Å²) in [5, 5.41) is 0. The fourth-order valence-electron chi connectivity index (χ4n) is 2.06. The molecule has 0 bridgehead atoms. The van der Waals surface area contributed by atoms with Crippen LogP contribution >= 0.6 is 0 Å². The van der Waals surface area contributed by atoms with Crippen molar-refractivity contribution in [3.05, 3.63) is 59.4 Å². The second kappa shape index (κ2) is 6.53. The molecule has 0 amide bonds. The Bertz CT molecular complexity index is 581. The predicted molar refractivity (Wildman–Crippen MR) is 79.8 cm³/mol. The van der Waals surface area contributed by atoms with E-state index in [1.807, 2.05) is 18.2 Å². The minimum Gasteiger partial charge on any atom is -0.457 e. The Hall–Kier alpha value is -1.87. The second-order valence-corrected chi connectivity index (χ2v) is 5.12. The van der Waals surface area contributed by atoms with Crippen LogP contribution in [-0.4, -0.2) is 6.54 Å². The quantitative estimate of drug-likeness (QED) is 0.884. The first-order chi connectivity index (χ1) is 9.60. The normalized spacial score (nSPS) is 10.8. The van der Waals surface area contributed by atoms with Crippen molar-refractivity contribution in [2.75, 3.05) is 6.54 Å². The molecule has 0 aliphatic heterocycles. The van der Waals surface area contributed by atoms with E-state index < -0.39 is 0 Å². The average Bonchev–Trinajstić information content (AvgIpc) is 2.42. The summed E-state index contributed by atoms with van der Waals surface area (Å²) in [7, 11) is 0. The van der Waals surface area contributed by atoms with Gasteiger partial charge in [-0.1, -0.05) is 26.0 Å². The Morgan fingerprint density at radius 3 is 2.65 bits per heavy atom. The minimum atomic E-state index is -0.267. The summed E-state index contributed by atoms with van der Waals surface area (Å²) in [4.78, 5) is 0. The third-order valence-corrected chi connectivity index (χ3v) is 3.19. The fourth-order valence-corrected chi connectivity index (χ4v) is 2.06. The van der Waals surface area contributed by atoms with E-state index in [0.717, 1.165) is 11.3 Å². The van der Waals surface area contributed by atoms with Crippen LogP contribution in [0.1, 0.15) is 30.9 Å². The number of halogens is 1. The smallest absolute Gasteiger partial charge is 0.130 e. The van der Waals surface area contributed by atoms with E-state index in [4.69, 9.17) is 10.5 Å². The molecule has 0 heterocycles. The molecule has 0 aliphatic carbocycles. The summed E-state index contributed by atoms with van der Waals surface area (Å²) in [6.07, 6.45) is 0.594. The van der Waals surface area contributed by atoms with Crippen LogP contribution in [-0.2, 0) is 6.42 Å². The summed E-state index contributed by atoms with van der Waals surface area (Å²) >= 11 is 0. The third-order valence-electron chi connectivity index (χ3n) is 3.19. The maximum absolute atomic E-state index is 13.3. The molecule has 2 nitrogen and oxygen atoms in total. The van der Waals surface area contributed by atoms with E-state index in [0.29, 0.717) is 24.6 Å². The second-order valence-electron chi connectivity index (χ2n) is 5.12. The van der Waals surface area contributed by atoms with Crippen molar-refractivity contribution < 1.29 is 9.13 Å². The SMILES string of the molecule is CC(C)c1cccc(Oc2ccc(F)cc2CCN)c1. The number of ether oxygens (including phenoxy) is 1. The molecule has 0 saturated heterocycles. The van der Waals surface area contributed by atoms with Gasteiger partial charge in [0.05, 0.1) is 0 Å². The zero-order valence-corrected chi connectivity index (χ0v) is 11.9. The third kappa shape index (κ3) is 3.58. The highest BCUT2D eigenvalue weighted by molar-refractivity contribution is 5.40. The Morgan fingerprint density at radius 1 is 1.15 bits per heavy atom. The van der Waals surface area contributed by atoms with Gasteiger partial charge in [0.2, 0.25) is 0 Å². The van der Waals surface area contributed by atoms with Crippen LogP contribution in [0.2, 0.25) is 0 Å². The topological polar surface area (TPSA) is 35.2 Å². The lowest BCUT2D eigenvalue weighted by Gasteiger charge is -2.13. The zero-order valence-electron chi connectivity index (χ0n) is 11.9. The Morgan fingerprint density at radius 2 is 1.95 bits per heavy atom. The Kier molecular flexibility index (Phi) is 4.74. The lowest BCUT2D eigenvalue weighted by Crippen LogP contribution is -2.04. The van der Waals surface area contributed by atoms with Crippen molar-refractivity contribution in [3.63, 3.8) is 0 Å². The molecular weight excluding hydrogens is 253 g/mol. The first-order valence-corrected chi connectivity index (χ1v) is 6.86. The molecule has 3 heteroatoms. The van der Waals surface area contributed by atoms with E-state index in [1.54, 1.807) is 6.07 Å². The van der Waals surface area contributed by atoms with E-state index in [9.17, 15) is 4.39 Å². The van der Waals surface area contributed by atoms with Crippen molar-refractivity contribution >= 4 is 0 Å². The average molecular weight is 273 g/mol. The van der Waals surface area contributed by atoms with Crippen LogP contribution in [0.5, 0.6) is 11.5 Å². The highest BCUT2D eigenvalue weighted by atomic mass is 19.1. The van der Waals surface area contributed by atoms with Crippen molar-refractivity contribution in [2.45, 2.75) is 26.2 Å². The van der Waals surface area contributed by atoms with Crippen LogP contribution in [0.15, 0.2) is 42.5 Å². The molecule has 0 fully saturated rings. The molecular formula is C17H20FNO. The Labute approximate surface area is 119 Å². The molecule has 0 atom stereocenters. The maximum atomic E-state index is 13.3. The summed E-state index contributed by atoms with van der Waals surface area (Å²) in [5.74, 6) is 1.60. The van der Waals surface area contributed by atoms with Gasteiger partial charge in [-0.2, -0.15) is 0 Å². The number of rotatable bonds is 5. The molecule has 0 unspecified atom stereocenters. The first kappa shape index (κ1) is 14.5. The van der Waals surface area contributed by atoms with Crippen molar-refractivity contribution in [1.29, 1.82) is 0 Å². The standard InChI is InChI=1S/C17H20FNO/c1-12(2)13-4-3-5-16(11-13)20-17-7-6-15(18)10-14(17)8-9-19/h3-7,10-12H,8-9,19H2,1-2H3. The first-order valence-electron chi connectivity index (χ1n) is 6.86. The molecule has 0 spiro atoms. The van der Waals surface area contributed by atoms with Gasteiger partial charge in [-0.25, -0.2) is 4.39 Å². The number of benzene rings is 2. The lowest BCUT2D eigenvalue weighted by atomic mass is 10.0. The summed E-state index contributed by atoms with van der Waals surface area (Å²) < 4.78 is 19.2. The van der Waals surface area contributed by atoms with Gasteiger partial charge < -0.3 is 10.5 Å². The van der Waals surface area contributed by atoms with Crippen LogP contribution in [0, 0.1) is 5.82 Å². The molecule has 0 radical (unpaired) electrons.